The van der Waals surface area contributed by atoms with Gasteiger partial charge in [0.2, 0.25) is 5.89 Å². The van der Waals surface area contributed by atoms with Crippen LogP contribution in [0.1, 0.15) is 30.8 Å². The number of imidazole rings is 1. The van der Waals surface area contributed by atoms with E-state index >= 15 is 0 Å². The van der Waals surface area contributed by atoms with E-state index in [1.165, 1.54) is 0 Å². The molecule has 3 heterocycles. The number of rotatable bonds is 4. The summed E-state index contributed by atoms with van der Waals surface area (Å²) in [5.41, 5.74) is 1.08. The minimum atomic E-state index is 0.0820. The second-order valence-corrected chi connectivity index (χ2v) is 5.51. The Kier molecular flexibility index (Phi) is 3.25. The zero-order chi connectivity index (χ0) is 13.2. The van der Waals surface area contributed by atoms with Gasteiger partial charge in [-0.15, -0.1) is 0 Å². The van der Waals surface area contributed by atoms with Crippen molar-refractivity contribution in [1.82, 2.24) is 19.5 Å². The molecule has 0 aliphatic heterocycles. The Labute approximate surface area is 115 Å². The molecular formula is C13H14N4OS. The molecule has 0 amide bonds. The second kappa shape index (κ2) is 5.05. The summed E-state index contributed by atoms with van der Waals surface area (Å²) >= 11 is 1.61. The molecule has 0 saturated carbocycles. The first-order valence-electron chi connectivity index (χ1n) is 6.19. The lowest BCUT2D eigenvalue weighted by atomic mass is 10.4. The molecule has 0 spiro atoms. The zero-order valence-electron chi connectivity index (χ0n) is 10.8. The lowest BCUT2D eigenvalue weighted by molar-refractivity contribution is 0.375. The molecule has 0 aliphatic carbocycles. The van der Waals surface area contributed by atoms with Gasteiger partial charge in [-0.1, -0.05) is 29.9 Å². The van der Waals surface area contributed by atoms with E-state index in [1.807, 2.05) is 44.4 Å². The van der Waals surface area contributed by atoms with Crippen LogP contribution in [0.5, 0.6) is 0 Å². The molecule has 0 saturated heterocycles. The lowest BCUT2D eigenvalue weighted by Gasteiger charge is -2.05. The molecule has 5 nitrogen and oxygen atoms in total. The smallest absolute Gasteiger partial charge is 0.239 e. The summed E-state index contributed by atoms with van der Waals surface area (Å²) < 4.78 is 7.31. The van der Waals surface area contributed by atoms with Crippen LogP contribution >= 0.6 is 11.8 Å². The molecule has 0 aromatic carbocycles. The van der Waals surface area contributed by atoms with Gasteiger partial charge < -0.3 is 4.52 Å². The molecule has 19 heavy (non-hydrogen) atoms. The predicted octanol–water partition coefficient (Wildman–Crippen LogP) is 3.13. The highest BCUT2D eigenvalue weighted by Gasteiger charge is 2.17. The van der Waals surface area contributed by atoms with Gasteiger partial charge in [0.15, 0.2) is 11.0 Å². The molecule has 0 radical (unpaired) electrons. The maximum absolute atomic E-state index is 5.26. The van der Waals surface area contributed by atoms with E-state index in [2.05, 4.69) is 19.5 Å². The van der Waals surface area contributed by atoms with Gasteiger partial charge in [-0.05, 0) is 19.1 Å². The highest BCUT2D eigenvalue weighted by atomic mass is 32.2. The van der Waals surface area contributed by atoms with Crippen molar-refractivity contribution >= 4 is 17.3 Å². The quantitative estimate of drug-likeness (QED) is 0.684. The summed E-state index contributed by atoms with van der Waals surface area (Å²) in [4.78, 5) is 8.78. The number of nitrogens with zero attached hydrogens (tertiary/aromatic N) is 4. The number of aryl methyl sites for hydroxylation is 1. The highest BCUT2D eigenvalue weighted by Crippen LogP contribution is 2.33. The van der Waals surface area contributed by atoms with Crippen molar-refractivity contribution < 1.29 is 4.52 Å². The minimum Gasteiger partial charge on any atom is -0.338 e. The fraction of sp³-hybridized carbons (Fsp3) is 0.308. The van der Waals surface area contributed by atoms with Gasteiger partial charge in [-0.2, -0.15) is 4.98 Å². The van der Waals surface area contributed by atoms with E-state index in [0.29, 0.717) is 5.89 Å². The van der Waals surface area contributed by atoms with Crippen LogP contribution in [0.25, 0.3) is 5.52 Å². The maximum atomic E-state index is 5.26. The number of aromatic nitrogens is 4. The molecule has 1 atom stereocenters. The van der Waals surface area contributed by atoms with E-state index in [0.717, 1.165) is 22.9 Å². The van der Waals surface area contributed by atoms with Crippen molar-refractivity contribution in [3.05, 3.63) is 42.3 Å². The van der Waals surface area contributed by atoms with Gasteiger partial charge >= 0.3 is 0 Å². The summed E-state index contributed by atoms with van der Waals surface area (Å²) in [7, 11) is 0. The normalized spacial score (nSPS) is 12.9. The average molecular weight is 274 g/mol. The second-order valence-electron chi connectivity index (χ2n) is 4.20. The fourth-order valence-corrected chi connectivity index (χ4v) is 2.70. The summed E-state index contributed by atoms with van der Waals surface area (Å²) in [6.07, 6.45) is 4.65. The summed E-state index contributed by atoms with van der Waals surface area (Å²) in [6, 6.07) is 6.02. The molecule has 0 aliphatic rings. The van der Waals surface area contributed by atoms with Gasteiger partial charge in [-0.3, -0.25) is 4.40 Å². The molecule has 98 valence electrons. The van der Waals surface area contributed by atoms with Gasteiger partial charge in [0.05, 0.1) is 17.0 Å². The Morgan fingerprint density at radius 1 is 1.42 bits per heavy atom. The molecular weight excluding hydrogens is 260 g/mol. The molecule has 0 fully saturated rings. The lowest BCUT2D eigenvalue weighted by Crippen LogP contribution is -1.93. The van der Waals surface area contributed by atoms with Crippen molar-refractivity contribution in [2.75, 3.05) is 0 Å². The maximum Gasteiger partial charge on any atom is 0.239 e. The van der Waals surface area contributed by atoms with Crippen molar-refractivity contribution in [2.24, 2.45) is 0 Å². The number of hydrogen-bond acceptors (Lipinski definition) is 5. The van der Waals surface area contributed by atoms with Gasteiger partial charge in [0.25, 0.3) is 0 Å². The Balaban J connectivity index is 1.84. The minimum absolute atomic E-state index is 0.0820. The van der Waals surface area contributed by atoms with Crippen LogP contribution in [0.3, 0.4) is 0 Å². The van der Waals surface area contributed by atoms with Gasteiger partial charge in [0.1, 0.15) is 0 Å². The summed E-state index contributed by atoms with van der Waals surface area (Å²) in [5.74, 6) is 1.39. The largest absolute Gasteiger partial charge is 0.338 e. The van der Waals surface area contributed by atoms with Crippen LogP contribution in [0, 0.1) is 0 Å². The summed E-state index contributed by atoms with van der Waals surface area (Å²) in [5, 5.41) is 4.93. The van der Waals surface area contributed by atoms with Gasteiger partial charge in [-0.25, -0.2) is 4.98 Å². The topological polar surface area (TPSA) is 56.2 Å². The van der Waals surface area contributed by atoms with Crippen molar-refractivity contribution in [2.45, 2.75) is 30.7 Å². The molecule has 0 N–H and O–H groups in total. The van der Waals surface area contributed by atoms with E-state index in [1.54, 1.807) is 11.8 Å². The monoisotopic (exact) mass is 274 g/mol. The Hall–Kier alpha value is -1.82. The Morgan fingerprint density at radius 3 is 3.11 bits per heavy atom. The highest BCUT2D eigenvalue weighted by molar-refractivity contribution is 7.99. The predicted molar refractivity (Wildman–Crippen MR) is 73.1 cm³/mol. The van der Waals surface area contributed by atoms with E-state index < -0.39 is 0 Å². The van der Waals surface area contributed by atoms with Crippen molar-refractivity contribution in [1.29, 1.82) is 0 Å². The van der Waals surface area contributed by atoms with E-state index in [9.17, 15) is 0 Å². The first-order valence-corrected chi connectivity index (χ1v) is 7.07. The number of fused-ring (bicyclic) bond motifs is 1. The summed E-state index contributed by atoms with van der Waals surface area (Å²) in [6.45, 7) is 4.05. The Bertz CT molecular complexity index is 691. The average Bonchev–Trinajstić information content (AvgIpc) is 3.06. The molecule has 3 aromatic heterocycles. The van der Waals surface area contributed by atoms with Crippen LogP contribution in [0.2, 0.25) is 0 Å². The standard InChI is InChI=1S/C13H14N4OS/c1-3-11-15-12(18-16-11)9(2)19-13-14-8-10-6-4-5-7-17(10)13/h4-9H,3H2,1-2H3/t9-/m0/s1. The molecule has 3 aromatic rings. The third kappa shape index (κ3) is 2.35. The third-order valence-corrected chi connectivity index (χ3v) is 3.90. The first kappa shape index (κ1) is 12.2. The zero-order valence-corrected chi connectivity index (χ0v) is 11.6. The molecule has 6 heteroatoms. The molecule has 3 rings (SSSR count). The van der Waals surface area contributed by atoms with Crippen LogP contribution in [-0.2, 0) is 6.42 Å². The van der Waals surface area contributed by atoms with Crippen molar-refractivity contribution in [3.63, 3.8) is 0 Å². The van der Waals surface area contributed by atoms with E-state index in [4.69, 9.17) is 4.52 Å². The van der Waals surface area contributed by atoms with Crippen LogP contribution < -0.4 is 0 Å². The van der Waals surface area contributed by atoms with Crippen LogP contribution in [0.15, 0.2) is 40.3 Å². The van der Waals surface area contributed by atoms with Crippen molar-refractivity contribution in [3.8, 4) is 0 Å². The van der Waals surface area contributed by atoms with Gasteiger partial charge in [0, 0.05) is 12.6 Å². The number of pyridine rings is 1. The molecule has 0 bridgehead atoms. The Morgan fingerprint density at radius 2 is 2.32 bits per heavy atom. The van der Waals surface area contributed by atoms with Crippen LogP contribution in [-0.4, -0.2) is 19.5 Å². The SMILES string of the molecule is CCc1noc([C@H](C)Sc2ncc3ccccn23)n1. The van der Waals surface area contributed by atoms with E-state index in [-0.39, 0.29) is 5.25 Å². The fourth-order valence-electron chi connectivity index (χ4n) is 1.79. The van der Waals surface area contributed by atoms with Crippen LogP contribution in [0.4, 0.5) is 0 Å². The number of thioether (sulfide) groups is 1. The first-order chi connectivity index (χ1) is 9.28. The third-order valence-electron chi connectivity index (χ3n) is 2.83. The molecule has 0 unspecified atom stereocenters. The number of hydrogen-bond donors (Lipinski definition) is 0.